The monoisotopic (exact) mass is 304 g/mol. The van der Waals surface area contributed by atoms with Crippen LogP contribution in [0.5, 0.6) is 0 Å². The lowest BCUT2D eigenvalue weighted by Gasteiger charge is -2.17. The molecule has 1 N–H and O–H groups in total. The van der Waals surface area contributed by atoms with Gasteiger partial charge in [-0.05, 0) is 56.7 Å². The van der Waals surface area contributed by atoms with Gasteiger partial charge in [0, 0.05) is 17.1 Å². The molecule has 2 nitrogen and oxygen atoms in total. The van der Waals surface area contributed by atoms with E-state index in [0.717, 1.165) is 30.0 Å². The van der Waals surface area contributed by atoms with Crippen LogP contribution < -0.4 is 5.32 Å². The van der Waals surface area contributed by atoms with Crippen LogP contribution in [0.4, 0.5) is 4.39 Å². The fourth-order valence-corrected chi connectivity index (χ4v) is 3.51. The molecule has 1 atom stereocenters. The van der Waals surface area contributed by atoms with E-state index in [1.165, 1.54) is 17.7 Å². The van der Waals surface area contributed by atoms with Crippen molar-refractivity contribution < 1.29 is 4.39 Å². The van der Waals surface area contributed by atoms with Gasteiger partial charge in [-0.2, -0.15) is 0 Å². The number of hydrogen-bond donors (Lipinski definition) is 1. The third-order valence-corrected chi connectivity index (χ3v) is 4.83. The van der Waals surface area contributed by atoms with Gasteiger partial charge < -0.3 is 5.32 Å². The summed E-state index contributed by atoms with van der Waals surface area (Å²) >= 11 is 1.75. The van der Waals surface area contributed by atoms with Crippen LogP contribution in [0.15, 0.2) is 30.5 Å². The maximum absolute atomic E-state index is 13.9. The van der Waals surface area contributed by atoms with E-state index in [-0.39, 0.29) is 5.82 Å². The summed E-state index contributed by atoms with van der Waals surface area (Å²) in [4.78, 5) is 5.62. The summed E-state index contributed by atoms with van der Waals surface area (Å²) in [5, 5.41) is 4.69. The Labute approximate surface area is 129 Å². The standard InChI is InChI=1S/C17H21FN2S/c1-12-19-11-16(21-12)9-13(10-20-15-6-7-15)8-14-4-2-3-5-17(14)18/h2-5,11,13,15,20H,6-10H2,1H3. The summed E-state index contributed by atoms with van der Waals surface area (Å²) in [6.07, 6.45) is 6.28. The van der Waals surface area contributed by atoms with Crippen molar-refractivity contribution in [1.29, 1.82) is 0 Å². The molecule has 0 aliphatic heterocycles. The van der Waals surface area contributed by atoms with Crippen LogP contribution in [0.25, 0.3) is 0 Å². The average molecular weight is 304 g/mol. The number of halogens is 1. The first-order chi connectivity index (χ1) is 10.2. The van der Waals surface area contributed by atoms with Gasteiger partial charge >= 0.3 is 0 Å². The largest absolute Gasteiger partial charge is 0.314 e. The summed E-state index contributed by atoms with van der Waals surface area (Å²) in [7, 11) is 0. The van der Waals surface area contributed by atoms with Crippen molar-refractivity contribution in [3.05, 3.63) is 51.7 Å². The van der Waals surface area contributed by atoms with Gasteiger partial charge in [-0.1, -0.05) is 18.2 Å². The highest BCUT2D eigenvalue weighted by Gasteiger charge is 2.22. The molecule has 1 heterocycles. The maximum Gasteiger partial charge on any atom is 0.126 e. The van der Waals surface area contributed by atoms with Gasteiger partial charge in [-0.25, -0.2) is 9.37 Å². The van der Waals surface area contributed by atoms with Crippen molar-refractivity contribution >= 4 is 11.3 Å². The van der Waals surface area contributed by atoms with Crippen molar-refractivity contribution in [2.45, 2.75) is 38.6 Å². The Morgan fingerprint density at radius 3 is 2.81 bits per heavy atom. The smallest absolute Gasteiger partial charge is 0.126 e. The van der Waals surface area contributed by atoms with Crippen molar-refractivity contribution in [3.8, 4) is 0 Å². The molecule has 1 aromatic heterocycles. The van der Waals surface area contributed by atoms with Crippen LogP contribution in [0.3, 0.4) is 0 Å². The zero-order valence-corrected chi connectivity index (χ0v) is 13.1. The van der Waals surface area contributed by atoms with E-state index in [1.54, 1.807) is 23.5 Å². The SMILES string of the molecule is Cc1ncc(CC(CNC2CC2)Cc2ccccc2F)s1. The number of thiazole rings is 1. The molecule has 0 bridgehead atoms. The van der Waals surface area contributed by atoms with Gasteiger partial charge in [0.25, 0.3) is 0 Å². The molecule has 1 aliphatic rings. The summed E-state index contributed by atoms with van der Waals surface area (Å²) < 4.78 is 13.9. The number of aryl methyl sites for hydroxylation is 1. The topological polar surface area (TPSA) is 24.9 Å². The molecule has 112 valence electrons. The van der Waals surface area contributed by atoms with Crippen molar-refractivity contribution in [1.82, 2.24) is 10.3 Å². The molecule has 1 aliphatic carbocycles. The average Bonchev–Trinajstić information content (AvgIpc) is 3.21. The first-order valence-electron chi connectivity index (χ1n) is 7.59. The van der Waals surface area contributed by atoms with Crippen LogP contribution in [-0.2, 0) is 12.8 Å². The summed E-state index contributed by atoms with van der Waals surface area (Å²) in [5.74, 6) is 0.330. The Hall–Kier alpha value is -1.26. The van der Waals surface area contributed by atoms with Crippen LogP contribution in [-0.4, -0.2) is 17.6 Å². The molecule has 0 radical (unpaired) electrons. The lowest BCUT2D eigenvalue weighted by Crippen LogP contribution is -2.27. The molecule has 21 heavy (non-hydrogen) atoms. The minimum Gasteiger partial charge on any atom is -0.314 e. The second kappa shape index (κ2) is 6.67. The molecule has 1 fully saturated rings. The second-order valence-corrected chi connectivity index (χ2v) is 7.21. The molecule has 4 heteroatoms. The number of nitrogens with one attached hydrogen (secondary N) is 1. The first kappa shape index (κ1) is 14.7. The molecule has 2 aromatic rings. The molecule has 0 amide bonds. The molecule has 3 rings (SSSR count). The predicted molar refractivity (Wildman–Crippen MR) is 85.2 cm³/mol. The maximum atomic E-state index is 13.9. The molecule has 1 unspecified atom stereocenters. The van der Waals surface area contributed by atoms with Crippen LogP contribution in [0, 0.1) is 18.7 Å². The number of aromatic nitrogens is 1. The highest BCUT2D eigenvalue weighted by Crippen LogP contribution is 2.23. The zero-order chi connectivity index (χ0) is 14.7. The third kappa shape index (κ3) is 4.35. The zero-order valence-electron chi connectivity index (χ0n) is 12.3. The summed E-state index contributed by atoms with van der Waals surface area (Å²) in [5.41, 5.74) is 0.821. The number of hydrogen-bond acceptors (Lipinski definition) is 3. The minimum atomic E-state index is -0.0885. The highest BCUT2D eigenvalue weighted by atomic mass is 32.1. The Morgan fingerprint density at radius 1 is 1.33 bits per heavy atom. The fraction of sp³-hybridized carbons (Fsp3) is 0.471. The Balaban J connectivity index is 1.67. The predicted octanol–water partition coefficient (Wildman–Crippen LogP) is 3.74. The van der Waals surface area contributed by atoms with Gasteiger partial charge in [0.15, 0.2) is 0 Å². The van der Waals surface area contributed by atoms with Crippen LogP contribution in [0.1, 0.15) is 28.3 Å². The lowest BCUT2D eigenvalue weighted by molar-refractivity contribution is 0.461. The summed E-state index contributed by atoms with van der Waals surface area (Å²) in [6.45, 7) is 2.98. The number of rotatable bonds is 7. The van der Waals surface area contributed by atoms with E-state index in [0.29, 0.717) is 12.0 Å². The summed E-state index contributed by atoms with van der Waals surface area (Å²) in [6, 6.07) is 7.81. The first-order valence-corrected chi connectivity index (χ1v) is 8.40. The van der Waals surface area contributed by atoms with E-state index in [4.69, 9.17) is 0 Å². The Bertz CT molecular complexity index is 592. The van der Waals surface area contributed by atoms with Gasteiger partial charge in [0.2, 0.25) is 0 Å². The second-order valence-electron chi connectivity index (χ2n) is 5.89. The molecular weight excluding hydrogens is 283 g/mol. The van der Waals surface area contributed by atoms with E-state index in [2.05, 4.69) is 10.3 Å². The lowest BCUT2D eigenvalue weighted by atomic mass is 9.95. The quantitative estimate of drug-likeness (QED) is 0.843. The normalized spacial score (nSPS) is 16.1. The Kier molecular flexibility index (Phi) is 4.66. The van der Waals surface area contributed by atoms with Gasteiger partial charge in [0.05, 0.1) is 5.01 Å². The molecular formula is C17H21FN2S. The van der Waals surface area contributed by atoms with E-state index in [9.17, 15) is 4.39 Å². The van der Waals surface area contributed by atoms with Crippen molar-refractivity contribution in [2.75, 3.05) is 6.54 Å². The van der Waals surface area contributed by atoms with Crippen molar-refractivity contribution in [2.24, 2.45) is 5.92 Å². The Morgan fingerprint density at radius 2 is 2.14 bits per heavy atom. The highest BCUT2D eigenvalue weighted by molar-refractivity contribution is 7.11. The van der Waals surface area contributed by atoms with Crippen molar-refractivity contribution in [3.63, 3.8) is 0 Å². The van der Waals surface area contributed by atoms with E-state index < -0.39 is 0 Å². The van der Waals surface area contributed by atoms with E-state index in [1.807, 2.05) is 25.3 Å². The van der Waals surface area contributed by atoms with Gasteiger partial charge in [-0.3, -0.25) is 0 Å². The van der Waals surface area contributed by atoms with Gasteiger partial charge in [0.1, 0.15) is 5.82 Å². The van der Waals surface area contributed by atoms with Gasteiger partial charge in [-0.15, -0.1) is 11.3 Å². The molecule has 1 saturated carbocycles. The van der Waals surface area contributed by atoms with Crippen LogP contribution >= 0.6 is 11.3 Å². The molecule has 1 aromatic carbocycles. The molecule has 0 spiro atoms. The number of nitrogens with zero attached hydrogens (tertiary/aromatic N) is 1. The fourth-order valence-electron chi connectivity index (χ4n) is 2.60. The third-order valence-electron chi connectivity index (χ3n) is 3.90. The van der Waals surface area contributed by atoms with E-state index >= 15 is 0 Å². The minimum absolute atomic E-state index is 0.0885. The molecule has 0 saturated heterocycles. The van der Waals surface area contributed by atoms with Crippen LogP contribution in [0.2, 0.25) is 0 Å². The number of benzene rings is 1.